The third kappa shape index (κ3) is 3.90. The van der Waals surface area contributed by atoms with Crippen molar-refractivity contribution in [2.24, 2.45) is 0 Å². The molecule has 25 heavy (non-hydrogen) atoms. The van der Waals surface area contributed by atoms with E-state index in [-0.39, 0.29) is 18.2 Å². The first-order valence-electron chi connectivity index (χ1n) is 7.69. The zero-order chi connectivity index (χ0) is 17.6. The van der Waals surface area contributed by atoms with Crippen LogP contribution in [0, 0.1) is 18.3 Å². The summed E-state index contributed by atoms with van der Waals surface area (Å²) in [4.78, 5) is 4.16. The Hall–Kier alpha value is -3.46. The van der Waals surface area contributed by atoms with Crippen LogP contribution >= 0.6 is 0 Å². The Morgan fingerprint density at radius 3 is 2.60 bits per heavy atom. The van der Waals surface area contributed by atoms with E-state index in [1.165, 1.54) is 0 Å². The summed E-state index contributed by atoms with van der Waals surface area (Å²) in [6, 6.07) is 17.0. The number of aromatic nitrogens is 1. The minimum Gasteiger partial charge on any atom is -0.497 e. The Morgan fingerprint density at radius 1 is 1.16 bits per heavy atom. The van der Waals surface area contributed by atoms with E-state index in [2.05, 4.69) is 10.3 Å². The lowest BCUT2D eigenvalue weighted by Crippen LogP contribution is -1.97. The molecule has 1 heterocycles. The molecule has 0 aliphatic heterocycles. The molecule has 6 nitrogen and oxygen atoms in total. The fourth-order valence-electron chi connectivity index (χ4n) is 2.25. The molecule has 0 bridgehead atoms. The van der Waals surface area contributed by atoms with E-state index in [0.717, 1.165) is 22.7 Å². The fourth-order valence-corrected chi connectivity index (χ4v) is 2.25. The highest BCUT2D eigenvalue weighted by Crippen LogP contribution is 2.25. The zero-order valence-corrected chi connectivity index (χ0v) is 13.9. The van der Waals surface area contributed by atoms with Gasteiger partial charge in [0, 0.05) is 5.69 Å². The lowest BCUT2D eigenvalue weighted by atomic mass is 10.2. The van der Waals surface area contributed by atoms with E-state index in [9.17, 15) is 5.26 Å². The molecule has 0 aliphatic rings. The summed E-state index contributed by atoms with van der Waals surface area (Å²) in [6.45, 7) is 2.10. The largest absolute Gasteiger partial charge is 0.497 e. The van der Waals surface area contributed by atoms with Gasteiger partial charge in [0.25, 0.3) is 0 Å². The first-order valence-corrected chi connectivity index (χ1v) is 7.69. The van der Waals surface area contributed by atoms with Crippen LogP contribution in [-0.2, 0) is 6.61 Å². The normalized spacial score (nSPS) is 10.1. The second-order valence-corrected chi connectivity index (χ2v) is 5.30. The second kappa shape index (κ2) is 7.41. The SMILES string of the molecule is COc1ccc(Nc2oc(COc3ccccc3C)nc2C#N)cc1. The number of benzene rings is 2. The molecule has 0 radical (unpaired) electrons. The van der Waals surface area contributed by atoms with Crippen molar-refractivity contribution in [3.8, 4) is 17.6 Å². The van der Waals surface area contributed by atoms with E-state index in [0.29, 0.717) is 5.89 Å². The van der Waals surface area contributed by atoms with Gasteiger partial charge in [-0.2, -0.15) is 10.2 Å². The highest BCUT2D eigenvalue weighted by Gasteiger charge is 2.14. The molecule has 3 aromatic rings. The number of rotatable bonds is 6. The number of anilines is 2. The standard InChI is InChI=1S/C19H17N3O3/c1-13-5-3-4-6-17(13)24-12-18-22-16(11-20)19(25-18)21-14-7-9-15(23-2)10-8-14/h3-10,21H,12H2,1-2H3. The molecule has 1 N–H and O–H groups in total. The van der Waals surface area contributed by atoms with Crippen molar-refractivity contribution in [2.45, 2.75) is 13.5 Å². The van der Waals surface area contributed by atoms with Gasteiger partial charge in [-0.25, -0.2) is 0 Å². The van der Waals surface area contributed by atoms with Gasteiger partial charge in [0.1, 0.15) is 17.6 Å². The van der Waals surface area contributed by atoms with Gasteiger partial charge in [-0.3, -0.25) is 0 Å². The van der Waals surface area contributed by atoms with Gasteiger partial charge in [-0.05, 0) is 42.8 Å². The highest BCUT2D eigenvalue weighted by molar-refractivity contribution is 5.60. The molecule has 0 atom stereocenters. The van der Waals surface area contributed by atoms with Crippen LogP contribution in [0.15, 0.2) is 52.9 Å². The fraction of sp³-hybridized carbons (Fsp3) is 0.158. The number of nitrogens with one attached hydrogen (secondary N) is 1. The van der Waals surface area contributed by atoms with Crippen LogP contribution in [0.4, 0.5) is 11.6 Å². The number of methoxy groups -OCH3 is 1. The van der Waals surface area contributed by atoms with Crippen LogP contribution in [0.5, 0.6) is 11.5 Å². The molecule has 1 aromatic heterocycles. The van der Waals surface area contributed by atoms with Crippen molar-refractivity contribution in [3.05, 3.63) is 65.7 Å². The minimum atomic E-state index is 0.143. The Bertz CT molecular complexity index is 895. The maximum atomic E-state index is 9.25. The van der Waals surface area contributed by atoms with Crippen LogP contribution in [0.3, 0.4) is 0 Å². The maximum Gasteiger partial charge on any atom is 0.236 e. The zero-order valence-electron chi connectivity index (χ0n) is 13.9. The predicted octanol–water partition coefficient (Wildman–Crippen LogP) is 4.19. The van der Waals surface area contributed by atoms with Crippen molar-refractivity contribution in [1.29, 1.82) is 5.26 Å². The molecular formula is C19H17N3O3. The van der Waals surface area contributed by atoms with Gasteiger partial charge in [0.2, 0.25) is 17.5 Å². The van der Waals surface area contributed by atoms with Crippen LogP contribution in [0.1, 0.15) is 17.1 Å². The van der Waals surface area contributed by atoms with Gasteiger partial charge >= 0.3 is 0 Å². The van der Waals surface area contributed by atoms with Gasteiger partial charge < -0.3 is 19.2 Å². The molecule has 0 spiro atoms. The van der Waals surface area contributed by atoms with Crippen LogP contribution < -0.4 is 14.8 Å². The number of para-hydroxylation sites is 1. The Labute approximate surface area is 145 Å². The van der Waals surface area contributed by atoms with Crippen molar-refractivity contribution < 1.29 is 13.9 Å². The molecule has 3 rings (SSSR count). The number of ether oxygens (including phenoxy) is 2. The van der Waals surface area contributed by atoms with E-state index in [4.69, 9.17) is 13.9 Å². The van der Waals surface area contributed by atoms with Crippen molar-refractivity contribution in [1.82, 2.24) is 4.98 Å². The van der Waals surface area contributed by atoms with E-state index < -0.39 is 0 Å². The minimum absolute atomic E-state index is 0.143. The molecule has 2 aromatic carbocycles. The molecular weight excluding hydrogens is 318 g/mol. The lowest BCUT2D eigenvalue weighted by Gasteiger charge is -2.06. The number of aryl methyl sites for hydroxylation is 1. The third-order valence-corrected chi connectivity index (χ3v) is 3.57. The highest BCUT2D eigenvalue weighted by atomic mass is 16.5. The first kappa shape index (κ1) is 16.4. The molecule has 0 saturated heterocycles. The van der Waals surface area contributed by atoms with E-state index in [1.807, 2.05) is 61.5 Å². The van der Waals surface area contributed by atoms with Gasteiger partial charge in [0.05, 0.1) is 7.11 Å². The number of nitrogens with zero attached hydrogens (tertiary/aromatic N) is 2. The Morgan fingerprint density at radius 2 is 1.92 bits per heavy atom. The first-order chi connectivity index (χ1) is 12.2. The summed E-state index contributed by atoms with van der Waals surface area (Å²) in [5.41, 5.74) is 1.96. The number of oxazole rings is 1. The maximum absolute atomic E-state index is 9.25. The molecule has 0 amide bonds. The molecule has 0 fully saturated rings. The molecule has 126 valence electrons. The van der Waals surface area contributed by atoms with Crippen LogP contribution in [0.25, 0.3) is 0 Å². The van der Waals surface area contributed by atoms with E-state index >= 15 is 0 Å². The third-order valence-electron chi connectivity index (χ3n) is 3.57. The summed E-state index contributed by atoms with van der Waals surface area (Å²) in [5.74, 6) is 2.12. The number of nitriles is 1. The summed E-state index contributed by atoms with van der Waals surface area (Å²) in [7, 11) is 1.60. The molecule has 6 heteroatoms. The van der Waals surface area contributed by atoms with E-state index in [1.54, 1.807) is 7.11 Å². The van der Waals surface area contributed by atoms with Gasteiger partial charge in [0.15, 0.2) is 6.61 Å². The topological polar surface area (TPSA) is 80.3 Å². The van der Waals surface area contributed by atoms with Gasteiger partial charge in [-0.15, -0.1) is 0 Å². The monoisotopic (exact) mass is 335 g/mol. The lowest BCUT2D eigenvalue weighted by molar-refractivity contribution is 0.263. The molecule has 0 aliphatic carbocycles. The predicted molar refractivity (Wildman–Crippen MR) is 93.0 cm³/mol. The van der Waals surface area contributed by atoms with Crippen molar-refractivity contribution in [2.75, 3.05) is 12.4 Å². The van der Waals surface area contributed by atoms with Crippen molar-refractivity contribution in [3.63, 3.8) is 0 Å². The quantitative estimate of drug-likeness (QED) is 0.727. The molecule has 0 saturated carbocycles. The summed E-state index contributed by atoms with van der Waals surface area (Å²) in [5, 5.41) is 12.3. The smallest absolute Gasteiger partial charge is 0.236 e. The number of hydrogen-bond acceptors (Lipinski definition) is 6. The molecule has 0 unspecified atom stereocenters. The van der Waals surface area contributed by atoms with Crippen LogP contribution in [-0.4, -0.2) is 12.1 Å². The van der Waals surface area contributed by atoms with Crippen LogP contribution in [0.2, 0.25) is 0 Å². The summed E-state index contributed by atoms with van der Waals surface area (Å²) >= 11 is 0. The van der Waals surface area contributed by atoms with Crippen molar-refractivity contribution >= 4 is 11.6 Å². The summed E-state index contributed by atoms with van der Waals surface area (Å²) < 4.78 is 16.5. The Kier molecular flexibility index (Phi) is 4.86. The number of hydrogen-bond donors (Lipinski definition) is 1. The Balaban J connectivity index is 1.72. The average molecular weight is 335 g/mol. The van der Waals surface area contributed by atoms with Gasteiger partial charge in [-0.1, -0.05) is 18.2 Å². The summed E-state index contributed by atoms with van der Waals surface area (Å²) in [6.07, 6.45) is 0. The second-order valence-electron chi connectivity index (χ2n) is 5.30. The average Bonchev–Trinajstić information content (AvgIpc) is 3.03.